The molecule has 0 heterocycles. The Balaban J connectivity index is 1.91. The molecule has 1 fully saturated rings. The first-order valence-electron chi connectivity index (χ1n) is 6.42. The van der Waals surface area contributed by atoms with Gasteiger partial charge in [0.05, 0.1) is 6.54 Å². The van der Waals surface area contributed by atoms with Crippen LogP contribution in [0.1, 0.15) is 24.8 Å². The smallest absolute Gasteiger partial charge is 0.238 e. The molecule has 0 radical (unpaired) electrons. The molecule has 0 atom stereocenters. The predicted molar refractivity (Wildman–Crippen MR) is 74.5 cm³/mol. The molecule has 0 saturated heterocycles. The number of nitrogen functional groups attached to an aromatic ring is 1. The van der Waals surface area contributed by atoms with Gasteiger partial charge in [0.2, 0.25) is 5.91 Å². The summed E-state index contributed by atoms with van der Waals surface area (Å²) in [7, 11) is 2.01. The third kappa shape index (κ3) is 3.01. The highest BCUT2D eigenvalue weighted by Gasteiger charge is 2.23. The van der Waals surface area contributed by atoms with Gasteiger partial charge in [-0.2, -0.15) is 0 Å². The van der Waals surface area contributed by atoms with Gasteiger partial charge in [0.15, 0.2) is 0 Å². The summed E-state index contributed by atoms with van der Waals surface area (Å²) in [5, 5.41) is 2.92. The maximum Gasteiger partial charge on any atom is 0.238 e. The van der Waals surface area contributed by atoms with Crippen LogP contribution in [0, 0.1) is 6.92 Å². The first kappa shape index (κ1) is 12.9. The molecule has 98 valence electrons. The maximum atomic E-state index is 11.9. The topological polar surface area (TPSA) is 58.4 Å². The van der Waals surface area contributed by atoms with E-state index in [0.717, 1.165) is 11.3 Å². The molecule has 1 aliphatic carbocycles. The number of nitrogens with zero attached hydrogens (tertiary/aromatic N) is 1. The van der Waals surface area contributed by atoms with Crippen molar-refractivity contribution in [1.29, 1.82) is 0 Å². The largest absolute Gasteiger partial charge is 0.399 e. The van der Waals surface area contributed by atoms with Gasteiger partial charge in [-0.05, 0) is 44.5 Å². The van der Waals surface area contributed by atoms with Crippen molar-refractivity contribution in [3.8, 4) is 0 Å². The van der Waals surface area contributed by atoms with Crippen LogP contribution >= 0.6 is 0 Å². The van der Waals surface area contributed by atoms with Crippen LogP contribution < -0.4 is 11.1 Å². The monoisotopic (exact) mass is 247 g/mol. The fraction of sp³-hybridized carbons (Fsp3) is 0.500. The summed E-state index contributed by atoms with van der Waals surface area (Å²) in [5.41, 5.74) is 8.23. The molecule has 1 aliphatic rings. The molecule has 18 heavy (non-hydrogen) atoms. The zero-order valence-corrected chi connectivity index (χ0v) is 11.1. The first-order chi connectivity index (χ1) is 8.56. The number of rotatable bonds is 4. The number of hydrogen-bond donors (Lipinski definition) is 2. The van der Waals surface area contributed by atoms with Crippen LogP contribution in [0.15, 0.2) is 18.2 Å². The third-order valence-corrected chi connectivity index (χ3v) is 3.63. The van der Waals surface area contributed by atoms with E-state index in [9.17, 15) is 4.79 Å². The van der Waals surface area contributed by atoms with E-state index in [0.29, 0.717) is 18.3 Å². The van der Waals surface area contributed by atoms with Crippen LogP contribution in [0.4, 0.5) is 11.4 Å². The molecule has 1 aromatic carbocycles. The zero-order chi connectivity index (χ0) is 13.1. The van der Waals surface area contributed by atoms with E-state index in [1.54, 1.807) is 6.07 Å². The molecular weight excluding hydrogens is 226 g/mol. The van der Waals surface area contributed by atoms with Gasteiger partial charge in [0.1, 0.15) is 0 Å². The quantitative estimate of drug-likeness (QED) is 0.800. The number of nitrogens with one attached hydrogen (secondary N) is 1. The average molecular weight is 247 g/mol. The molecule has 0 bridgehead atoms. The van der Waals surface area contributed by atoms with E-state index < -0.39 is 0 Å². The molecule has 0 aliphatic heterocycles. The molecule has 1 amide bonds. The number of hydrogen-bond acceptors (Lipinski definition) is 3. The average Bonchev–Trinajstić information content (AvgIpc) is 2.20. The number of amides is 1. The second-order valence-electron chi connectivity index (χ2n) is 5.12. The number of likely N-dealkylation sites (N-methyl/N-ethyl adjacent to an activating group) is 1. The van der Waals surface area contributed by atoms with Gasteiger partial charge >= 0.3 is 0 Å². The lowest BCUT2D eigenvalue weighted by Crippen LogP contribution is -2.41. The first-order valence-corrected chi connectivity index (χ1v) is 6.42. The summed E-state index contributed by atoms with van der Waals surface area (Å²) in [6, 6.07) is 6.14. The summed E-state index contributed by atoms with van der Waals surface area (Å²) < 4.78 is 0. The van der Waals surface area contributed by atoms with Crippen LogP contribution in [0.3, 0.4) is 0 Å². The summed E-state index contributed by atoms with van der Waals surface area (Å²) >= 11 is 0. The van der Waals surface area contributed by atoms with Crippen molar-refractivity contribution in [2.45, 2.75) is 32.2 Å². The highest BCUT2D eigenvalue weighted by molar-refractivity contribution is 5.93. The highest BCUT2D eigenvalue weighted by Crippen LogP contribution is 2.23. The van der Waals surface area contributed by atoms with Crippen molar-refractivity contribution in [3.05, 3.63) is 23.8 Å². The predicted octanol–water partition coefficient (Wildman–Crippen LogP) is 2.00. The molecule has 4 nitrogen and oxygen atoms in total. The standard InChI is InChI=1S/C14H21N3O/c1-10-6-7-11(15)8-13(10)16-14(18)9-17(2)12-4-3-5-12/h6-8,12H,3-5,9,15H2,1-2H3,(H,16,18). The number of benzene rings is 1. The second kappa shape index (κ2) is 5.40. The zero-order valence-electron chi connectivity index (χ0n) is 11.1. The fourth-order valence-corrected chi connectivity index (χ4v) is 2.15. The Kier molecular flexibility index (Phi) is 3.87. The molecule has 1 saturated carbocycles. The van der Waals surface area contributed by atoms with E-state index in [-0.39, 0.29) is 5.91 Å². The lowest BCUT2D eigenvalue weighted by Gasteiger charge is -2.34. The Morgan fingerprint density at radius 1 is 1.50 bits per heavy atom. The molecule has 3 N–H and O–H groups in total. The lowest BCUT2D eigenvalue weighted by atomic mass is 9.92. The molecule has 0 spiro atoms. The maximum absolute atomic E-state index is 11.9. The van der Waals surface area contributed by atoms with Gasteiger partial charge in [-0.1, -0.05) is 12.5 Å². The van der Waals surface area contributed by atoms with Crippen molar-refractivity contribution in [1.82, 2.24) is 4.90 Å². The third-order valence-electron chi connectivity index (χ3n) is 3.63. The lowest BCUT2D eigenvalue weighted by molar-refractivity contribution is -0.117. The second-order valence-corrected chi connectivity index (χ2v) is 5.12. The van der Waals surface area contributed by atoms with Crippen LogP contribution in [-0.2, 0) is 4.79 Å². The van der Waals surface area contributed by atoms with Gasteiger partial charge in [-0.25, -0.2) is 0 Å². The van der Waals surface area contributed by atoms with E-state index in [4.69, 9.17) is 5.73 Å². The molecule has 1 aromatic rings. The van der Waals surface area contributed by atoms with Gasteiger partial charge in [0, 0.05) is 17.4 Å². The Morgan fingerprint density at radius 3 is 2.83 bits per heavy atom. The minimum Gasteiger partial charge on any atom is -0.399 e. The summed E-state index contributed by atoms with van der Waals surface area (Å²) in [6.45, 7) is 2.41. The number of carbonyl (C=O) groups is 1. The molecule has 0 unspecified atom stereocenters. The van der Waals surface area contributed by atoms with E-state index >= 15 is 0 Å². The Bertz CT molecular complexity index is 441. The normalized spacial score (nSPS) is 15.5. The van der Waals surface area contributed by atoms with Crippen LogP contribution in [0.5, 0.6) is 0 Å². The van der Waals surface area contributed by atoms with Crippen LogP contribution in [0.2, 0.25) is 0 Å². The minimum absolute atomic E-state index is 0.0260. The number of nitrogens with two attached hydrogens (primary N) is 1. The SMILES string of the molecule is Cc1ccc(N)cc1NC(=O)CN(C)C1CCC1. The molecular formula is C14H21N3O. The number of carbonyl (C=O) groups excluding carboxylic acids is 1. The summed E-state index contributed by atoms with van der Waals surface area (Å²) in [6.07, 6.45) is 3.70. The number of aryl methyl sites for hydroxylation is 1. The van der Waals surface area contributed by atoms with Crippen LogP contribution in [-0.4, -0.2) is 30.4 Å². The van der Waals surface area contributed by atoms with Gasteiger partial charge in [-0.15, -0.1) is 0 Å². The van der Waals surface area contributed by atoms with Gasteiger partial charge in [0.25, 0.3) is 0 Å². The van der Waals surface area contributed by atoms with Crippen LogP contribution in [0.25, 0.3) is 0 Å². The summed E-state index contributed by atoms with van der Waals surface area (Å²) in [5.74, 6) is 0.0260. The Morgan fingerprint density at radius 2 is 2.22 bits per heavy atom. The Labute approximate surface area is 108 Å². The van der Waals surface area contributed by atoms with E-state index in [1.165, 1.54) is 19.3 Å². The number of anilines is 2. The molecule has 2 rings (SSSR count). The van der Waals surface area contributed by atoms with Crippen molar-refractivity contribution >= 4 is 17.3 Å². The van der Waals surface area contributed by atoms with Gasteiger partial charge < -0.3 is 11.1 Å². The fourth-order valence-electron chi connectivity index (χ4n) is 2.15. The van der Waals surface area contributed by atoms with Crippen molar-refractivity contribution in [2.75, 3.05) is 24.6 Å². The van der Waals surface area contributed by atoms with Crippen molar-refractivity contribution < 1.29 is 4.79 Å². The van der Waals surface area contributed by atoms with Crippen molar-refractivity contribution in [2.24, 2.45) is 0 Å². The molecule has 0 aromatic heterocycles. The van der Waals surface area contributed by atoms with E-state index in [1.807, 2.05) is 26.1 Å². The minimum atomic E-state index is 0.0260. The Hall–Kier alpha value is -1.55. The molecule has 4 heteroatoms. The van der Waals surface area contributed by atoms with Crippen molar-refractivity contribution in [3.63, 3.8) is 0 Å². The summed E-state index contributed by atoms with van der Waals surface area (Å²) in [4.78, 5) is 14.1. The highest BCUT2D eigenvalue weighted by atomic mass is 16.2. The van der Waals surface area contributed by atoms with Gasteiger partial charge in [-0.3, -0.25) is 9.69 Å². The van der Waals surface area contributed by atoms with E-state index in [2.05, 4.69) is 10.2 Å².